The molecule has 1 saturated carbocycles. The SMILES string of the molecule is O=C(NO)C1(F)C[C@H]1c1cc(Cl)c2c(c1)OCCO2. The highest BCUT2D eigenvalue weighted by Gasteiger charge is 2.62. The lowest BCUT2D eigenvalue weighted by Gasteiger charge is -2.20. The van der Waals surface area contributed by atoms with Crippen molar-refractivity contribution in [3.05, 3.63) is 22.7 Å². The molecule has 1 heterocycles. The van der Waals surface area contributed by atoms with Gasteiger partial charge in [0.2, 0.25) is 0 Å². The predicted octanol–water partition coefficient (Wildman–Crippen LogP) is 1.81. The van der Waals surface area contributed by atoms with Crippen LogP contribution in [-0.2, 0) is 4.79 Å². The van der Waals surface area contributed by atoms with Gasteiger partial charge >= 0.3 is 0 Å². The highest BCUT2D eigenvalue weighted by molar-refractivity contribution is 6.32. The molecule has 2 N–H and O–H groups in total. The second kappa shape index (κ2) is 4.25. The van der Waals surface area contributed by atoms with Gasteiger partial charge in [-0.1, -0.05) is 11.6 Å². The van der Waals surface area contributed by atoms with Gasteiger partial charge in [0, 0.05) is 12.3 Å². The maximum Gasteiger partial charge on any atom is 0.281 e. The monoisotopic (exact) mass is 287 g/mol. The molecule has 5 nitrogen and oxygen atoms in total. The van der Waals surface area contributed by atoms with Crippen molar-refractivity contribution in [2.24, 2.45) is 0 Å². The Morgan fingerprint density at radius 1 is 1.47 bits per heavy atom. The molecule has 2 aliphatic rings. The normalized spacial score (nSPS) is 27.8. The lowest BCUT2D eigenvalue weighted by atomic mass is 10.1. The van der Waals surface area contributed by atoms with Gasteiger partial charge < -0.3 is 9.47 Å². The number of halogens is 2. The van der Waals surface area contributed by atoms with E-state index in [0.717, 1.165) is 0 Å². The Labute approximate surface area is 113 Å². The van der Waals surface area contributed by atoms with E-state index in [1.54, 1.807) is 12.1 Å². The first-order valence-electron chi connectivity index (χ1n) is 5.79. The van der Waals surface area contributed by atoms with Crippen molar-refractivity contribution in [2.45, 2.75) is 18.0 Å². The summed E-state index contributed by atoms with van der Waals surface area (Å²) in [6.07, 6.45) is 0.00929. The summed E-state index contributed by atoms with van der Waals surface area (Å²) in [6.45, 7) is 0.810. The van der Waals surface area contributed by atoms with Crippen molar-refractivity contribution in [2.75, 3.05) is 13.2 Å². The zero-order chi connectivity index (χ0) is 13.6. The fourth-order valence-electron chi connectivity index (χ4n) is 2.30. The van der Waals surface area contributed by atoms with Gasteiger partial charge in [0.1, 0.15) is 13.2 Å². The number of hydrogen-bond acceptors (Lipinski definition) is 4. The minimum atomic E-state index is -2.08. The number of amides is 1. The molecule has 1 aromatic carbocycles. The van der Waals surface area contributed by atoms with Crippen molar-refractivity contribution < 1.29 is 23.9 Å². The largest absolute Gasteiger partial charge is 0.486 e. The minimum Gasteiger partial charge on any atom is -0.486 e. The Bertz CT molecular complexity index is 553. The van der Waals surface area contributed by atoms with Crippen molar-refractivity contribution >= 4 is 17.5 Å². The highest BCUT2D eigenvalue weighted by atomic mass is 35.5. The summed E-state index contributed by atoms with van der Waals surface area (Å²) in [5.41, 5.74) is -0.184. The average Bonchev–Trinajstić information content (AvgIpc) is 3.11. The molecule has 1 aromatic rings. The van der Waals surface area contributed by atoms with Crippen LogP contribution in [0.1, 0.15) is 17.9 Å². The zero-order valence-corrected chi connectivity index (χ0v) is 10.5. The lowest BCUT2D eigenvalue weighted by Crippen LogP contribution is -2.32. The van der Waals surface area contributed by atoms with Crippen LogP contribution in [0, 0.1) is 0 Å². The van der Waals surface area contributed by atoms with Crippen LogP contribution in [-0.4, -0.2) is 30.0 Å². The molecule has 0 aromatic heterocycles. The minimum absolute atomic E-state index is 0.00929. The topological polar surface area (TPSA) is 67.8 Å². The molecule has 102 valence electrons. The molecule has 2 atom stereocenters. The number of nitrogens with one attached hydrogen (secondary N) is 1. The third-order valence-electron chi connectivity index (χ3n) is 3.39. The summed E-state index contributed by atoms with van der Waals surface area (Å²) in [4.78, 5) is 11.2. The number of hydrogen-bond donors (Lipinski definition) is 2. The number of hydroxylamine groups is 1. The predicted molar refractivity (Wildman–Crippen MR) is 63.6 cm³/mol. The Hall–Kier alpha value is -1.53. The summed E-state index contributed by atoms with van der Waals surface area (Å²) in [5.74, 6) is -0.780. The van der Waals surface area contributed by atoms with E-state index in [-0.39, 0.29) is 6.42 Å². The van der Waals surface area contributed by atoms with E-state index in [0.29, 0.717) is 35.3 Å². The number of rotatable bonds is 2. The van der Waals surface area contributed by atoms with Gasteiger partial charge in [-0.2, -0.15) is 0 Å². The average molecular weight is 288 g/mol. The van der Waals surface area contributed by atoms with Gasteiger partial charge in [-0.3, -0.25) is 10.0 Å². The maximum atomic E-state index is 14.1. The molecule has 3 rings (SSSR count). The molecule has 0 radical (unpaired) electrons. The standard InChI is InChI=1S/C12H11ClFNO4/c13-8-3-6(4-9-10(8)19-2-1-18-9)7-5-12(7,14)11(16)15-17/h3-4,7,17H,1-2,5H2,(H,15,16)/t7-,12?/m0/s1. The first-order chi connectivity index (χ1) is 9.06. The van der Waals surface area contributed by atoms with Crippen LogP contribution < -0.4 is 15.0 Å². The molecule has 0 spiro atoms. The van der Waals surface area contributed by atoms with Crippen molar-refractivity contribution in [3.8, 4) is 11.5 Å². The van der Waals surface area contributed by atoms with Crippen LogP contribution >= 0.6 is 11.6 Å². The molecule has 1 aliphatic carbocycles. The fourth-order valence-corrected chi connectivity index (χ4v) is 2.57. The van der Waals surface area contributed by atoms with Crippen LogP contribution in [0.25, 0.3) is 0 Å². The van der Waals surface area contributed by atoms with Crippen LogP contribution in [0.5, 0.6) is 11.5 Å². The number of carbonyl (C=O) groups excluding carboxylic acids is 1. The molecule has 1 amide bonds. The number of benzene rings is 1. The first-order valence-corrected chi connectivity index (χ1v) is 6.16. The molecule has 1 unspecified atom stereocenters. The summed E-state index contributed by atoms with van der Waals surface area (Å²) in [5, 5.41) is 8.84. The quantitative estimate of drug-likeness (QED) is 0.643. The smallest absolute Gasteiger partial charge is 0.281 e. The van der Waals surface area contributed by atoms with E-state index >= 15 is 0 Å². The number of fused-ring (bicyclic) bond motifs is 1. The van der Waals surface area contributed by atoms with Gasteiger partial charge in [-0.25, -0.2) is 9.87 Å². The van der Waals surface area contributed by atoms with E-state index in [2.05, 4.69) is 0 Å². The van der Waals surface area contributed by atoms with Gasteiger partial charge in [0.05, 0.1) is 5.02 Å². The summed E-state index contributed by atoms with van der Waals surface area (Å²) in [7, 11) is 0. The summed E-state index contributed by atoms with van der Waals surface area (Å²) in [6, 6.07) is 3.18. The van der Waals surface area contributed by atoms with E-state index < -0.39 is 17.5 Å². The van der Waals surface area contributed by atoms with Gasteiger partial charge in [0.25, 0.3) is 5.91 Å². The highest BCUT2D eigenvalue weighted by Crippen LogP contribution is 2.56. The molecular formula is C12H11ClFNO4. The third-order valence-corrected chi connectivity index (χ3v) is 3.67. The molecule has 0 bridgehead atoms. The molecule has 1 aliphatic heterocycles. The summed E-state index contributed by atoms with van der Waals surface area (Å²) < 4.78 is 24.9. The van der Waals surface area contributed by atoms with E-state index in [9.17, 15) is 9.18 Å². The van der Waals surface area contributed by atoms with Gasteiger partial charge in [-0.05, 0) is 17.7 Å². The molecule has 7 heteroatoms. The fraction of sp³-hybridized carbons (Fsp3) is 0.417. The zero-order valence-electron chi connectivity index (χ0n) is 9.78. The first kappa shape index (κ1) is 12.5. The van der Waals surface area contributed by atoms with E-state index in [1.165, 1.54) is 5.48 Å². The number of alkyl halides is 1. The van der Waals surface area contributed by atoms with Crippen LogP contribution in [0.2, 0.25) is 5.02 Å². The van der Waals surface area contributed by atoms with Gasteiger partial charge in [-0.15, -0.1) is 0 Å². The van der Waals surface area contributed by atoms with Crippen molar-refractivity contribution in [3.63, 3.8) is 0 Å². The third kappa shape index (κ3) is 1.91. The van der Waals surface area contributed by atoms with Crippen LogP contribution in [0.15, 0.2) is 12.1 Å². The number of carbonyl (C=O) groups is 1. The van der Waals surface area contributed by atoms with Crippen molar-refractivity contribution in [1.29, 1.82) is 0 Å². The van der Waals surface area contributed by atoms with Crippen LogP contribution in [0.4, 0.5) is 4.39 Å². The van der Waals surface area contributed by atoms with Crippen molar-refractivity contribution in [1.82, 2.24) is 5.48 Å². The second-order valence-electron chi connectivity index (χ2n) is 4.59. The van der Waals surface area contributed by atoms with Gasteiger partial charge in [0.15, 0.2) is 17.2 Å². The van der Waals surface area contributed by atoms with E-state index in [1.807, 2.05) is 0 Å². The second-order valence-corrected chi connectivity index (χ2v) is 4.99. The van der Waals surface area contributed by atoms with E-state index in [4.69, 9.17) is 26.3 Å². The molecular weight excluding hydrogens is 277 g/mol. The molecule has 1 fully saturated rings. The summed E-state index contributed by atoms with van der Waals surface area (Å²) >= 11 is 6.05. The lowest BCUT2D eigenvalue weighted by molar-refractivity contribution is -0.136. The Morgan fingerprint density at radius 3 is 2.95 bits per heavy atom. The van der Waals surface area contributed by atoms with Crippen LogP contribution in [0.3, 0.4) is 0 Å². The molecule has 19 heavy (non-hydrogen) atoms. The Kier molecular flexibility index (Phi) is 2.79. The number of ether oxygens (including phenoxy) is 2. The maximum absolute atomic E-state index is 14.1. The Balaban J connectivity index is 1.92. The molecule has 0 saturated heterocycles. The Morgan fingerprint density at radius 2 is 2.21 bits per heavy atom.